The zero-order valence-corrected chi connectivity index (χ0v) is 23.9. The Kier molecular flexibility index (Phi) is 10.5. The van der Waals surface area contributed by atoms with Crippen molar-refractivity contribution >= 4 is 68.7 Å². The number of azo groups is 2. The number of rotatable bonds is 7. The Labute approximate surface area is 242 Å². The maximum Gasteiger partial charge on any atom is 0.271 e. The van der Waals surface area contributed by atoms with Gasteiger partial charge in [0.1, 0.15) is 11.4 Å². The highest BCUT2D eigenvalue weighted by Crippen LogP contribution is 2.31. The van der Waals surface area contributed by atoms with E-state index in [1.165, 1.54) is 18.2 Å². The third-order valence-electron chi connectivity index (χ3n) is 5.39. The minimum Gasteiger partial charge on any atom is -0.399 e. The van der Waals surface area contributed by atoms with Crippen LogP contribution in [0.2, 0.25) is 10.0 Å². The molecule has 0 spiro atoms. The Bertz CT molecular complexity index is 1510. The van der Waals surface area contributed by atoms with Crippen LogP contribution in [0.15, 0.2) is 105 Å². The number of anilines is 3. The zero-order valence-electron chi connectivity index (χ0n) is 22.4. The van der Waals surface area contributed by atoms with Crippen molar-refractivity contribution in [3.05, 3.63) is 105 Å². The lowest BCUT2D eigenvalue weighted by Crippen LogP contribution is -2.07. The van der Waals surface area contributed by atoms with E-state index in [1.807, 2.05) is 86.5 Å². The number of nitro groups is 1. The first kappa shape index (κ1) is 30.0. The van der Waals surface area contributed by atoms with E-state index in [1.54, 1.807) is 18.2 Å². The molecule has 0 saturated carbocycles. The maximum absolute atomic E-state index is 10.6. The molecule has 0 bridgehead atoms. The maximum atomic E-state index is 10.6. The molecule has 4 aromatic rings. The lowest BCUT2D eigenvalue weighted by molar-refractivity contribution is -0.384. The fourth-order valence-corrected chi connectivity index (χ4v) is 3.59. The van der Waals surface area contributed by atoms with Crippen molar-refractivity contribution in [2.24, 2.45) is 20.5 Å². The van der Waals surface area contributed by atoms with Gasteiger partial charge in [-0.1, -0.05) is 23.2 Å². The van der Waals surface area contributed by atoms with Crippen LogP contribution in [-0.4, -0.2) is 33.1 Å². The molecule has 12 heteroatoms. The number of nitrogens with two attached hydrogens (primary N) is 1. The molecule has 0 atom stereocenters. The number of nitrogen functional groups attached to an aromatic ring is 1. The number of hydrogen-bond acceptors (Lipinski definition) is 9. The van der Waals surface area contributed by atoms with Crippen molar-refractivity contribution in [1.82, 2.24) is 0 Å². The van der Waals surface area contributed by atoms with Crippen LogP contribution in [0.3, 0.4) is 0 Å². The largest absolute Gasteiger partial charge is 0.399 e. The predicted molar refractivity (Wildman–Crippen MR) is 164 cm³/mol. The molecule has 0 amide bonds. The van der Waals surface area contributed by atoms with E-state index in [0.29, 0.717) is 27.8 Å². The summed E-state index contributed by atoms with van der Waals surface area (Å²) < 4.78 is 0. The fraction of sp³-hybridized carbons (Fsp3) is 0.143. The molecule has 4 rings (SSSR count). The molecule has 0 aliphatic heterocycles. The third kappa shape index (κ3) is 8.75. The number of nitro benzene ring substituents is 1. The van der Waals surface area contributed by atoms with Crippen LogP contribution in [0.5, 0.6) is 0 Å². The highest BCUT2D eigenvalue weighted by molar-refractivity contribution is 6.33. The van der Waals surface area contributed by atoms with Crippen molar-refractivity contribution in [2.45, 2.75) is 0 Å². The molecule has 0 aliphatic rings. The van der Waals surface area contributed by atoms with E-state index in [4.69, 9.17) is 28.9 Å². The molecule has 0 aliphatic carbocycles. The van der Waals surface area contributed by atoms with Crippen molar-refractivity contribution in [2.75, 3.05) is 43.7 Å². The molecule has 0 radical (unpaired) electrons. The second-order valence-corrected chi connectivity index (χ2v) is 9.64. The summed E-state index contributed by atoms with van der Waals surface area (Å²) >= 11 is 12.0. The molecule has 0 unspecified atom stereocenters. The van der Waals surface area contributed by atoms with Gasteiger partial charge in [-0.05, 0) is 72.8 Å². The molecule has 10 nitrogen and oxygen atoms in total. The van der Waals surface area contributed by atoms with Gasteiger partial charge in [-0.2, -0.15) is 10.2 Å². The Morgan fingerprint density at radius 3 is 1.45 bits per heavy atom. The van der Waals surface area contributed by atoms with Crippen LogP contribution >= 0.6 is 23.2 Å². The quantitative estimate of drug-likeness (QED) is 0.101. The Morgan fingerprint density at radius 2 is 1.07 bits per heavy atom. The second kappa shape index (κ2) is 14.0. The second-order valence-electron chi connectivity index (χ2n) is 8.83. The van der Waals surface area contributed by atoms with E-state index in [9.17, 15) is 10.1 Å². The highest BCUT2D eigenvalue weighted by Gasteiger charge is 2.09. The molecule has 206 valence electrons. The summed E-state index contributed by atoms with van der Waals surface area (Å²) in [6, 6.07) is 24.5. The number of halogens is 2. The standard InChI is InChI=1S/C14H13ClN4O2.C14H15ClN4/c1-18(2)11-5-3-10(4-6-11)16-17-14-8-7-12(19(20)21)9-13(14)15;1-19(2)12-6-4-11(5-7-12)17-18-14-8-3-10(16)9-13(14)15/h3-9H,1-2H3;3-9H,16H2,1-2H3. The molecule has 0 aromatic heterocycles. The average Bonchev–Trinajstić information content (AvgIpc) is 2.92. The number of nitrogens with zero attached hydrogens (tertiary/aromatic N) is 7. The highest BCUT2D eigenvalue weighted by atomic mass is 35.5. The van der Waals surface area contributed by atoms with E-state index < -0.39 is 4.92 Å². The lowest BCUT2D eigenvalue weighted by Gasteiger charge is -2.11. The molecule has 0 fully saturated rings. The van der Waals surface area contributed by atoms with E-state index in [-0.39, 0.29) is 10.7 Å². The molecule has 40 heavy (non-hydrogen) atoms. The van der Waals surface area contributed by atoms with Crippen molar-refractivity contribution in [3.63, 3.8) is 0 Å². The average molecular weight is 579 g/mol. The molecular formula is C28H28Cl2N8O2. The monoisotopic (exact) mass is 578 g/mol. The van der Waals surface area contributed by atoms with Gasteiger partial charge in [0.15, 0.2) is 0 Å². The van der Waals surface area contributed by atoms with Gasteiger partial charge in [-0.3, -0.25) is 10.1 Å². The van der Waals surface area contributed by atoms with E-state index >= 15 is 0 Å². The van der Waals surface area contributed by atoms with E-state index in [2.05, 4.69) is 20.5 Å². The van der Waals surface area contributed by atoms with Gasteiger partial charge in [-0.15, -0.1) is 10.2 Å². The van der Waals surface area contributed by atoms with Gasteiger partial charge in [-0.25, -0.2) is 0 Å². The summed E-state index contributed by atoms with van der Waals surface area (Å²) in [7, 11) is 7.88. The van der Waals surface area contributed by atoms with Crippen molar-refractivity contribution < 1.29 is 4.92 Å². The molecule has 4 aromatic carbocycles. The molecule has 0 heterocycles. The summed E-state index contributed by atoms with van der Waals surface area (Å²) in [5.41, 5.74) is 10.8. The zero-order chi connectivity index (χ0) is 29.2. The van der Waals surface area contributed by atoms with Gasteiger partial charge in [0.2, 0.25) is 0 Å². The first-order valence-electron chi connectivity index (χ1n) is 11.9. The number of hydrogen-bond donors (Lipinski definition) is 1. The summed E-state index contributed by atoms with van der Waals surface area (Å²) in [6.07, 6.45) is 0. The van der Waals surface area contributed by atoms with Crippen LogP contribution < -0.4 is 15.5 Å². The van der Waals surface area contributed by atoms with Crippen LogP contribution in [0.1, 0.15) is 0 Å². The molecular weight excluding hydrogens is 551 g/mol. The van der Waals surface area contributed by atoms with Gasteiger partial charge in [0, 0.05) is 57.4 Å². The number of non-ortho nitro benzene ring substituents is 1. The van der Waals surface area contributed by atoms with Gasteiger partial charge in [0.05, 0.1) is 26.3 Å². The van der Waals surface area contributed by atoms with Crippen molar-refractivity contribution in [1.29, 1.82) is 0 Å². The van der Waals surface area contributed by atoms with Crippen LogP contribution in [0, 0.1) is 10.1 Å². The SMILES string of the molecule is CN(C)c1ccc(N=Nc2ccc(N)cc2Cl)cc1.CN(C)c1ccc(N=Nc2ccc([N+](=O)[O-])cc2Cl)cc1. The summed E-state index contributed by atoms with van der Waals surface area (Å²) in [4.78, 5) is 14.1. The summed E-state index contributed by atoms with van der Waals surface area (Å²) in [5, 5.41) is 27.6. The lowest BCUT2D eigenvalue weighted by atomic mass is 10.3. The Morgan fingerprint density at radius 1 is 0.650 bits per heavy atom. The Balaban J connectivity index is 0.000000222. The van der Waals surface area contributed by atoms with Gasteiger partial charge < -0.3 is 15.5 Å². The number of benzene rings is 4. The summed E-state index contributed by atoms with van der Waals surface area (Å²) in [5.74, 6) is 0. The van der Waals surface area contributed by atoms with Crippen molar-refractivity contribution in [3.8, 4) is 0 Å². The van der Waals surface area contributed by atoms with Crippen LogP contribution in [-0.2, 0) is 0 Å². The van der Waals surface area contributed by atoms with Crippen LogP contribution in [0.25, 0.3) is 0 Å². The van der Waals surface area contributed by atoms with Gasteiger partial charge >= 0.3 is 0 Å². The molecule has 0 saturated heterocycles. The smallest absolute Gasteiger partial charge is 0.271 e. The topological polar surface area (TPSA) is 125 Å². The third-order valence-corrected chi connectivity index (χ3v) is 6.00. The normalized spacial score (nSPS) is 10.8. The van der Waals surface area contributed by atoms with Crippen LogP contribution in [0.4, 0.5) is 45.5 Å². The minimum atomic E-state index is -0.507. The van der Waals surface area contributed by atoms with E-state index in [0.717, 1.165) is 17.1 Å². The summed E-state index contributed by atoms with van der Waals surface area (Å²) in [6.45, 7) is 0. The minimum absolute atomic E-state index is 0.0747. The first-order valence-corrected chi connectivity index (χ1v) is 12.7. The first-order chi connectivity index (χ1) is 19.0. The van der Waals surface area contributed by atoms with Gasteiger partial charge in [0.25, 0.3) is 5.69 Å². The predicted octanol–water partition coefficient (Wildman–Crippen LogP) is 9.13. The fourth-order valence-electron chi connectivity index (χ4n) is 3.15. The molecule has 2 N–H and O–H groups in total. The Hall–Kier alpha value is -4.54.